The van der Waals surface area contributed by atoms with Gasteiger partial charge in [-0.05, 0) is 106 Å². The number of anilines is 3. The van der Waals surface area contributed by atoms with Gasteiger partial charge in [0, 0.05) is 44.0 Å². The van der Waals surface area contributed by atoms with Gasteiger partial charge in [0.25, 0.3) is 0 Å². The molecule has 3 heteroatoms. The monoisotopic (exact) mass is 804 g/mol. The summed E-state index contributed by atoms with van der Waals surface area (Å²) in [6.07, 6.45) is 0. The van der Waals surface area contributed by atoms with Crippen molar-refractivity contribution in [2.45, 2.75) is 0 Å². The third-order valence-corrected chi connectivity index (χ3v) is 12.4. The minimum Gasteiger partial charge on any atom is -0.456 e. The van der Waals surface area contributed by atoms with E-state index in [2.05, 4.69) is 240 Å². The summed E-state index contributed by atoms with van der Waals surface area (Å²) in [5.74, 6) is 0. The van der Waals surface area contributed by atoms with E-state index in [4.69, 9.17) is 4.42 Å². The van der Waals surface area contributed by atoms with E-state index in [-0.39, 0.29) is 0 Å². The van der Waals surface area contributed by atoms with E-state index in [0.29, 0.717) is 0 Å². The van der Waals surface area contributed by atoms with Crippen molar-refractivity contribution in [2.75, 3.05) is 4.90 Å². The molecule has 12 aromatic rings. The van der Waals surface area contributed by atoms with Crippen LogP contribution >= 0.6 is 0 Å². The number of para-hydroxylation sites is 5. The zero-order valence-corrected chi connectivity index (χ0v) is 34.4. The summed E-state index contributed by atoms with van der Waals surface area (Å²) in [5, 5.41) is 4.75. The van der Waals surface area contributed by atoms with Crippen LogP contribution in [0.4, 0.5) is 17.1 Å². The van der Waals surface area contributed by atoms with Gasteiger partial charge >= 0.3 is 0 Å². The van der Waals surface area contributed by atoms with Crippen molar-refractivity contribution in [3.63, 3.8) is 0 Å². The molecule has 0 fully saturated rings. The fourth-order valence-corrected chi connectivity index (χ4v) is 9.43. The van der Waals surface area contributed by atoms with Gasteiger partial charge in [-0.3, -0.25) is 0 Å². The molecule has 10 aromatic carbocycles. The molecule has 0 radical (unpaired) electrons. The molecular formula is C60H40N2O. The van der Waals surface area contributed by atoms with Gasteiger partial charge in [0.15, 0.2) is 0 Å². The summed E-state index contributed by atoms with van der Waals surface area (Å²) in [4.78, 5) is 2.38. The van der Waals surface area contributed by atoms with Crippen molar-refractivity contribution >= 4 is 60.8 Å². The number of aromatic nitrogens is 1. The summed E-state index contributed by atoms with van der Waals surface area (Å²) in [5.41, 5.74) is 17.8. The van der Waals surface area contributed by atoms with Crippen molar-refractivity contribution < 1.29 is 4.42 Å². The largest absolute Gasteiger partial charge is 0.456 e. The lowest BCUT2D eigenvalue weighted by Crippen LogP contribution is -2.11. The van der Waals surface area contributed by atoms with Crippen LogP contribution in [0.2, 0.25) is 0 Å². The lowest BCUT2D eigenvalue weighted by atomic mass is 9.98. The molecule has 0 aliphatic carbocycles. The summed E-state index contributed by atoms with van der Waals surface area (Å²) >= 11 is 0. The first-order valence-electron chi connectivity index (χ1n) is 21.5. The molecule has 0 atom stereocenters. The molecule has 0 aliphatic heterocycles. The van der Waals surface area contributed by atoms with Crippen LogP contribution in [0.1, 0.15) is 0 Å². The Kier molecular flexibility index (Phi) is 8.83. The molecular weight excluding hydrogens is 765 g/mol. The van der Waals surface area contributed by atoms with E-state index in [1.165, 1.54) is 44.1 Å². The first kappa shape index (κ1) is 36.5. The molecule has 0 spiro atoms. The molecule has 63 heavy (non-hydrogen) atoms. The second-order valence-electron chi connectivity index (χ2n) is 16.1. The Morgan fingerprint density at radius 2 is 0.810 bits per heavy atom. The van der Waals surface area contributed by atoms with E-state index >= 15 is 0 Å². The van der Waals surface area contributed by atoms with Crippen molar-refractivity contribution in [3.05, 3.63) is 243 Å². The fourth-order valence-electron chi connectivity index (χ4n) is 9.43. The van der Waals surface area contributed by atoms with Crippen LogP contribution in [-0.4, -0.2) is 4.57 Å². The number of furan rings is 1. The van der Waals surface area contributed by atoms with Crippen LogP contribution < -0.4 is 4.90 Å². The number of fused-ring (bicyclic) bond motifs is 6. The Bertz CT molecular complexity index is 3560. The van der Waals surface area contributed by atoms with Crippen LogP contribution in [0.25, 0.3) is 93.9 Å². The quantitative estimate of drug-likeness (QED) is 0.153. The highest BCUT2D eigenvalue weighted by Gasteiger charge is 2.20. The summed E-state index contributed by atoms with van der Waals surface area (Å²) in [6.45, 7) is 0. The van der Waals surface area contributed by atoms with Gasteiger partial charge in [0.2, 0.25) is 0 Å². The van der Waals surface area contributed by atoms with Crippen LogP contribution in [-0.2, 0) is 0 Å². The van der Waals surface area contributed by atoms with Crippen molar-refractivity contribution in [3.8, 4) is 50.2 Å². The van der Waals surface area contributed by atoms with E-state index in [0.717, 1.165) is 66.9 Å². The first-order valence-corrected chi connectivity index (χ1v) is 21.5. The van der Waals surface area contributed by atoms with Crippen molar-refractivity contribution in [1.82, 2.24) is 4.57 Å². The number of rotatable bonds is 8. The molecule has 12 rings (SSSR count). The standard InChI is InChI=1S/C60H40N2O/c1-2-15-41(16-3-1)44-17-14-18-45(39-44)42-29-34-47(35-30-42)61(55-24-9-5-20-50(55)46-33-38-54-53-23-8-13-28-59(53)63-60(54)40-46)48-36-31-43(32-37-48)49-19-4-10-25-56(49)62-57-26-11-6-21-51(57)52-22-7-12-27-58(52)62/h1-40H. The number of nitrogens with zero attached hydrogens (tertiary/aromatic N) is 2. The Morgan fingerprint density at radius 1 is 0.302 bits per heavy atom. The topological polar surface area (TPSA) is 21.3 Å². The van der Waals surface area contributed by atoms with E-state index in [1.54, 1.807) is 0 Å². The minimum atomic E-state index is 0.878. The highest BCUT2D eigenvalue weighted by molar-refractivity contribution is 6.10. The SMILES string of the molecule is c1ccc(-c2cccc(-c3ccc(N(c4ccc(-c5ccccc5-n5c6ccccc6c6ccccc65)cc4)c4ccccc4-c4ccc5c(c4)oc4ccccc45)cc3)c2)cc1. The van der Waals surface area contributed by atoms with Crippen LogP contribution in [0.15, 0.2) is 247 Å². The summed E-state index contributed by atoms with van der Waals surface area (Å²) in [7, 11) is 0. The average Bonchev–Trinajstić information content (AvgIpc) is 3.90. The van der Waals surface area contributed by atoms with Gasteiger partial charge in [0.1, 0.15) is 11.2 Å². The number of hydrogen-bond donors (Lipinski definition) is 0. The van der Waals surface area contributed by atoms with Gasteiger partial charge in [-0.2, -0.15) is 0 Å². The second-order valence-corrected chi connectivity index (χ2v) is 16.1. The predicted octanol–water partition coefficient (Wildman–Crippen LogP) is 16.8. The normalized spacial score (nSPS) is 11.5. The van der Waals surface area contributed by atoms with Gasteiger partial charge in [-0.15, -0.1) is 0 Å². The summed E-state index contributed by atoms with van der Waals surface area (Å²) in [6, 6.07) is 87.1. The zero-order valence-electron chi connectivity index (χ0n) is 34.4. The van der Waals surface area contributed by atoms with Crippen LogP contribution in [0, 0.1) is 0 Å². The maximum atomic E-state index is 6.40. The lowest BCUT2D eigenvalue weighted by molar-refractivity contribution is 0.669. The maximum Gasteiger partial charge on any atom is 0.136 e. The Balaban J connectivity index is 0.981. The second kappa shape index (κ2) is 15.3. The minimum absolute atomic E-state index is 0.878. The molecule has 0 unspecified atom stereocenters. The van der Waals surface area contributed by atoms with Gasteiger partial charge in [0.05, 0.1) is 22.4 Å². The average molecular weight is 805 g/mol. The van der Waals surface area contributed by atoms with Crippen LogP contribution in [0.3, 0.4) is 0 Å². The Hall–Kier alpha value is -8.40. The third-order valence-electron chi connectivity index (χ3n) is 12.4. The smallest absolute Gasteiger partial charge is 0.136 e. The molecule has 0 aliphatic rings. The highest BCUT2D eigenvalue weighted by Crippen LogP contribution is 2.44. The van der Waals surface area contributed by atoms with Crippen LogP contribution in [0.5, 0.6) is 0 Å². The summed E-state index contributed by atoms with van der Waals surface area (Å²) < 4.78 is 8.81. The lowest BCUT2D eigenvalue weighted by Gasteiger charge is -2.28. The van der Waals surface area contributed by atoms with Gasteiger partial charge < -0.3 is 13.9 Å². The number of benzene rings is 10. The van der Waals surface area contributed by atoms with E-state index in [9.17, 15) is 0 Å². The molecule has 0 N–H and O–H groups in total. The molecule has 0 saturated heterocycles. The molecule has 0 amide bonds. The maximum absolute atomic E-state index is 6.40. The Labute approximate surface area is 366 Å². The van der Waals surface area contributed by atoms with E-state index < -0.39 is 0 Å². The molecule has 0 saturated carbocycles. The third kappa shape index (κ3) is 6.38. The molecule has 2 heterocycles. The predicted molar refractivity (Wildman–Crippen MR) is 264 cm³/mol. The molecule has 2 aromatic heterocycles. The molecule has 0 bridgehead atoms. The fraction of sp³-hybridized carbons (Fsp3) is 0. The molecule has 3 nitrogen and oxygen atoms in total. The zero-order chi connectivity index (χ0) is 41.7. The molecule has 296 valence electrons. The highest BCUT2D eigenvalue weighted by atomic mass is 16.3. The van der Waals surface area contributed by atoms with Crippen molar-refractivity contribution in [1.29, 1.82) is 0 Å². The van der Waals surface area contributed by atoms with Crippen molar-refractivity contribution in [2.24, 2.45) is 0 Å². The number of hydrogen-bond acceptors (Lipinski definition) is 2. The van der Waals surface area contributed by atoms with E-state index in [1.807, 2.05) is 12.1 Å². The Morgan fingerprint density at radius 3 is 1.52 bits per heavy atom. The van der Waals surface area contributed by atoms with Gasteiger partial charge in [-0.25, -0.2) is 0 Å². The first-order chi connectivity index (χ1) is 31.2. The van der Waals surface area contributed by atoms with Gasteiger partial charge in [-0.1, -0.05) is 170 Å².